The molecule has 2 atom stereocenters. The van der Waals surface area contributed by atoms with Gasteiger partial charge in [0.15, 0.2) is 0 Å². The van der Waals surface area contributed by atoms with E-state index in [9.17, 15) is 14.0 Å². The molecule has 3 aromatic rings. The van der Waals surface area contributed by atoms with Crippen LogP contribution in [0.3, 0.4) is 0 Å². The summed E-state index contributed by atoms with van der Waals surface area (Å²) >= 11 is 12.2. The van der Waals surface area contributed by atoms with Crippen LogP contribution in [0.1, 0.15) is 77.0 Å². The molecule has 0 radical (unpaired) electrons. The van der Waals surface area contributed by atoms with Crippen molar-refractivity contribution < 1.29 is 14.0 Å². The quantitative estimate of drug-likeness (QED) is 0.394. The number of rotatable bonds is 4. The molecule has 9 heteroatoms. The molecule has 0 N–H and O–H groups in total. The van der Waals surface area contributed by atoms with Crippen LogP contribution in [0.2, 0.25) is 10.0 Å². The Morgan fingerprint density at radius 1 is 1.11 bits per heavy atom. The van der Waals surface area contributed by atoms with Gasteiger partial charge < -0.3 is 9.80 Å². The van der Waals surface area contributed by atoms with Crippen molar-refractivity contribution in [2.75, 3.05) is 6.54 Å². The van der Waals surface area contributed by atoms with Crippen molar-refractivity contribution in [1.82, 2.24) is 19.6 Å². The first kappa shape index (κ1) is 25.7. The highest BCUT2D eigenvalue weighted by atomic mass is 35.5. The largest absolute Gasteiger partial charge is 0.331 e. The predicted molar refractivity (Wildman–Crippen MR) is 142 cm³/mol. The number of benzene rings is 2. The van der Waals surface area contributed by atoms with E-state index < -0.39 is 5.67 Å². The van der Waals surface area contributed by atoms with Gasteiger partial charge in [-0.3, -0.25) is 14.3 Å². The molecule has 0 bridgehead atoms. The lowest BCUT2D eigenvalue weighted by molar-refractivity contribution is 0.0605. The van der Waals surface area contributed by atoms with E-state index in [1.807, 2.05) is 30.9 Å². The number of hydrogen-bond acceptors (Lipinski definition) is 3. The third-order valence-corrected chi connectivity index (χ3v) is 8.21. The second kappa shape index (κ2) is 9.44. The van der Waals surface area contributed by atoms with Gasteiger partial charge in [-0.1, -0.05) is 47.5 Å². The summed E-state index contributed by atoms with van der Waals surface area (Å²) in [6, 6.07) is 11.9. The van der Waals surface area contributed by atoms with Crippen LogP contribution in [-0.4, -0.2) is 44.0 Å². The number of carbonyl (C=O) groups excluding carboxylic acids is 2. The Bertz CT molecular complexity index is 1380. The maximum Gasteiger partial charge on any atom is 0.273 e. The van der Waals surface area contributed by atoms with Crippen molar-refractivity contribution in [2.45, 2.75) is 65.0 Å². The molecule has 5 rings (SSSR count). The summed E-state index contributed by atoms with van der Waals surface area (Å²) < 4.78 is 16.1. The lowest BCUT2D eigenvalue weighted by Crippen LogP contribution is -2.44. The molecule has 2 aromatic carbocycles. The van der Waals surface area contributed by atoms with Crippen LogP contribution in [0, 0.1) is 0 Å². The molecule has 1 aromatic heterocycles. The SMILES string of the molecule is CC(c1ccc(C(C)(C)F)cc1)N1CCn2nc3c(c2C1=O)CN(C(=O)c1ccc(Cl)c(Cl)c1)[C@H](C)C3. The molecular weight excluding hydrogens is 514 g/mol. The van der Waals surface area contributed by atoms with Gasteiger partial charge in [0.1, 0.15) is 11.4 Å². The van der Waals surface area contributed by atoms with Crippen LogP contribution >= 0.6 is 23.2 Å². The maximum absolute atomic E-state index is 14.3. The summed E-state index contributed by atoms with van der Waals surface area (Å²) in [6.07, 6.45) is 0.561. The summed E-state index contributed by atoms with van der Waals surface area (Å²) in [5, 5.41) is 5.45. The fourth-order valence-corrected chi connectivity index (χ4v) is 5.51. The van der Waals surface area contributed by atoms with Crippen LogP contribution in [0.25, 0.3) is 0 Å². The van der Waals surface area contributed by atoms with Gasteiger partial charge in [-0.25, -0.2) is 4.39 Å². The van der Waals surface area contributed by atoms with E-state index in [2.05, 4.69) is 0 Å². The van der Waals surface area contributed by atoms with Crippen LogP contribution in [0.4, 0.5) is 4.39 Å². The molecular formula is C28H29Cl2FN4O2. The zero-order valence-corrected chi connectivity index (χ0v) is 22.8. The number of halogens is 3. The Balaban J connectivity index is 1.41. The third-order valence-electron chi connectivity index (χ3n) is 7.47. The Hall–Kier alpha value is -2.90. The number of fused-ring (bicyclic) bond motifs is 3. The number of amides is 2. The summed E-state index contributed by atoms with van der Waals surface area (Å²) in [6.45, 7) is 8.40. The first-order valence-electron chi connectivity index (χ1n) is 12.4. The minimum absolute atomic E-state index is 0.0881. The molecule has 0 saturated carbocycles. The minimum Gasteiger partial charge on any atom is -0.331 e. The smallest absolute Gasteiger partial charge is 0.273 e. The monoisotopic (exact) mass is 542 g/mol. The van der Waals surface area contributed by atoms with Crippen molar-refractivity contribution in [3.05, 3.63) is 86.2 Å². The van der Waals surface area contributed by atoms with E-state index in [0.29, 0.717) is 52.9 Å². The van der Waals surface area contributed by atoms with Crippen molar-refractivity contribution >= 4 is 35.0 Å². The van der Waals surface area contributed by atoms with Gasteiger partial charge in [-0.15, -0.1) is 0 Å². The molecule has 2 amide bonds. The highest BCUT2D eigenvalue weighted by molar-refractivity contribution is 6.42. The number of alkyl halides is 1. The second-order valence-electron chi connectivity index (χ2n) is 10.4. The van der Waals surface area contributed by atoms with Crippen LogP contribution in [0.5, 0.6) is 0 Å². The van der Waals surface area contributed by atoms with Crippen LogP contribution < -0.4 is 0 Å². The summed E-state index contributed by atoms with van der Waals surface area (Å²) in [5.74, 6) is -0.278. The minimum atomic E-state index is -1.42. The highest BCUT2D eigenvalue weighted by Crippen LogP contribution is 2.34. The molecule has 1 unspecified atom stereocenters. The van der Waals surface area contributed by atoms with Gasteiger partial charge in [-0.2, -0.15) is 5.10 Å². The fraction of sp³-hybridized carbons (Fsp3) is 0.393. The maximum atomic E-state index is 14.3. The molecule has 2 aliphatic rings. The fourth-order valence-electron chi connectivity index (χ4n) is 5.21. The van der Waals surface area contributed by atoms with E-state index in [0.717, 1.165) is 16.8 Å². The molecule has 37 heavy (non-hydrogen) atoms. The van der Waals surface area contributed by atoms with Crippen molar-refractivity contribution in [2.24, 2.45) is 0 Å². The highest BCUT2D eigenvalue weighted by Gasteiger charge is 2.38. The van der Waals surface area contributed by atoms with E-state index in [1.165, 1.54) is 13.8 Å². The first-order valence-corrected chi connectivity index (χ1v) is 13.2. The lowest BCUT2D eigenvalue weighted by Gasteiger charge is -2.35. The molecule has 0 spiro atoms. The van der Waals surface area contributed by atoms with E-state index in [-0.39, 0.29) is 23.9 Å². The first-order chi connectivity index (χ1) is 17.5. The van der Waals surface area contributed by atoms with Gasteiger partial charge in [0, 0.05) is 30.1 Å². The van der Waals surface area contributed by atoms with Crippen LogP contribution in [0.15, 0.2) is 42.5 Å². The summed E-state index contributed by atoms with van der Waals surface area (Å²) in [4.78, 5) is 30.7. The Labute approximate surface area is 226 Å². The van der Waals surface area contributed by atoms with E-state index in [1.54, 1.807) is 39.9 Å². The Kier molecular flexibility index (Phi) is 6.57. The predicted octanol–water partition coefficient (Wildman–Crippen LogP) is 6.20. The van der Waals surface area contributed by atoms with Gasteiger partial charge >= 0.3 is 0 Å². The third kappa shape index (κ3) is 4.64. The van der Waals surface area contributed by atoms with Crippen molar-refractivity contribution in [3.8, 4) is 0 Å². The van der Waals surface area contributed by atoms with E-state index >= 15 is 0 Å². The van der Waals surface area contributed by atoms with Gasteiger partial charge in [0.2, 0.25) is 0 Å². The lowest BCUT2D eigenvalue weighted by atomic mass is 9.95. The molecule has 6 nitrogen and oxygen atoms in total. The van der Waals surface area contributed by atoms with Gasteiger partial charge in [0.25, 0.3) is 11.8 Å². The number of carbonyl (C=O) groups is 2. The number of nitrogens with zero attached hydrogens (tertiary/aromatic N) is 4. The van der Waals surface area contributed by atoms with E-state index in [4.69, 9.17) is 28.3 Å². The summed E-state index contributed by atoms with van der Waals surface area (Å²) in [7, 11) is 0. The zero-order chi connectivity index (χ0) is 26.6. The van der Waals surface area contributed by atoms with Gasteiger partial charge in [0.05, 0.1) is 34.9 Å². The standard InChI is InChI=1S/C28H29Cl2FN4O2/c1-16-13-24-21(15-34(16)26(36)19-7-10-22(29)23(30)14-19)25-27(37)33(11-12-35(25)32-24)17(2)18-5-8-20(9-6-18)28(3,4)31/h5-10,14,16-17H,11-13,15H2,1-4H3/t16-,17?/m1/s1. The average molecular weight is 543 g/mol. The normalized spacial score (nSPS) is 18.5. The van der Waals surface area contributed by atoms with Gasteiger partial charge in [-0.05, 0) is 57.0 Å². The van der Waals surface area contributed by atoms with Crippen molar-refractivity contribution in [3.63, 3.8) is 0 Å². The summed E-state index contributed by atoms with van der Waals surface area (Å²) in [5.41, 5.74) is 2.75. The molecule has 2 aliphatic heterocycles. The average Bonchev–Trinajstić information content (AvgIpc) is 3.22. The van der Waals surface area contributed by atoms with Crippen LogP contribution in [-0.2, 0) is 25.2 Å². The Morgan fingerprint density at radius 3 is 2.46 bits per heavy atom. The molecule has 3 heterocycles. The number of hydrogen-bond donors (Lipinski definition) is 0. The molecule has 0 saturated heterocycles. The Morgan fingerprint density at radius 2 is 1.81 bits per heavy atom. The topological polar surface area (TPSA) is 58.4 Å². The van der Waals surface area contributed by atoms with Crippen molar-refractivity contribution in [1.29, 1.82) is 0 Å². The zero-order valence-electron chi connectivity index (χ0n) is 21.3. The molecule has 194 valence electrons. The number of aromatic nitrogens is 2. The second-order valence-corrected chi connectivity index (χ2v) is 11.2. The molecule has 0 fully saturated rings. The molecule has 0 aliphatic carbocycles.